The van der Waals surface area contributed by atoms with Crippen LogP contribution in [0.2, 0.25) is 0 Å². The Morgan fingerprint density at radius 1 is 0.672 bits per heavy atom. The molecule has 0 spiro atoms. The number of ether oxygens (including phenoxy) is 6. The Bertz CT molecular complexity index is 2330. The van der Waals surface area contributed by atoms with Crippen LogP contribution >= 0.6 is 0 Å². The topological polar surface area (TPSA) is 366 Å². The van der Waals surface area contributed by atoms with Crippen LogP contribution in [0.25, 0.3) is 28.4 Å². The Balaban J connectivity index is 1.12. The van der Waals surface area contributed by atoms with Crippen molar-refractivity contribution in [3.8, 4) is 34.3 Å². The van der Waals surface area contributed by atoms with Gasteiger partial charge in [-0.05, 0) is 48.0 Å². The second-order valence-electron chi connectivity index (χ2n) is 15.3. The van der Waals surface area contributed by atoms with Gasteiger partial charge in [0.25, 0.3) is 0 Å². The molecule has 0 aliphatic carbocycles. The SMILES string of the molecule is O=C(/C=C/c1ccc(O)cc1)OC[C@H]1O[C@@H](O[C@@H]2[C@@H](O)[C@H](O)[C@@H](CO)O[C@H]2c2c(O)cc3oc(-c4ccc(O[C@@H]5O[C@H](CO)[C@@H](O)[C@H](O)[C@H]5O)cc4)cc(=O)c3c2O)[C@H](O)[C@@H](O)[C@@H]1O. The van der Waals surface area contributed by atoms with Gasteiger partial charge in [0.15, 0.2) is 11.7 Å². The van der Waals surface area contributed by atoms with Crippen LogP contribution in [-0.4, -0.2) is 178 Å². The first-order valence-electron chi connectivity index (χ1n) is 19.7. The summed E-state index contributed by atoms with van der Waals surface area (Å²) in [5.74, 6) is -2.63. The summed E-state index contributed by atoms with van der Waals surface area (Å²) in [5.41, 5.74) is -1.01. The third kappa shape index (κ3) is 9.42. The van der Waals surface area contributed by atoms with Crippen molar-refractivity contribution in [2.75, 3.05) is 19.8 Å². The number of rotatable bonds is 12. The monoisotopic (exact) mass is 902 g/mol. The molecule has 64 heavy (non-hydrogen) atoms. The minimum atomic E-state index is -2.06. The highest BCUT2D eigenvalue weighted by molar-refractivity contribution is 5.88. The fraction of sp³-hybridized carbons (Fsp3) is 0.429. The fourth-order valence-corrected chi connectivity index (χ4v) is 7.48. The molecule has 3 saturated heterocycles. The van der Waals surface area contributed by atoms with Crippen molar-refractivity contribution < 1.29 is 104 Å². The van der Waals surface area contributed by atoms with Crippen molar-refractivity contribution in [2.24, 2.45) is 0 Å². The number of esters is 1. The number of aliphatic hydroxyl groups is 10. The van der Waals surface area contributed by atoms with Gasteiger partial charge in [-0.2, -0.15) is 0 Å². The van der Waals surface area contributed by atoms with Gasteiger partial charge in [0.2, 0.25) is 6.29 Å². The first kappa shape index (κ1) is 46.7. The van der Waals surface area contributed by atoms with E-state index in [4.69, 9.17) is 32.8 Å². The first-order valence-corrected chi connectivity index (χ1v) is 19.7. The normalized spacial score (nSPS) is 33.3. The second kappa shape index (κ2) is 19.4. The van der Waals surface area contributed by atoms with Crippen LogP contribution in [0.4, 0.5) is 0 Å². The molecular formula is C42H46O22. The van der Waals surface area contributed by atoms with Crippen LogP contribution in [0.1, 0.15) is 17.2 Å². The molecule has 3 aliphatic rings. The van der Waals surface area contributed by atoms with E-state index in [2.05, 4.69) is 0 Å². The summed E-state index contributed by atoms with van der Waals surface area (Å²) in [6.45, 7) is -2.28. The average Bonchev–Trinajstić information content (AvgIpc) is 3.28. The third-order valence-corrected chi connectivity index (χ3v) is 11.1. The molecule has 0 radical (unpaired) electrons. The molecule has 22 heteroatoms. The van der Waals surface area contributed by atoms with Crippen LogP contribution in [0.15, 0.2) is 76.0 Å². The molecule has 0 amide bonds. The van der Waals surface area contributed by atoms with Gasteiger partial charge < -0.3 is 99.2 Å². The van der Waals surface area contributed by atoms with Gasteiger partial charge >= 0.3 is 5.97 Å². The van der Waals surface area contributed by atoms with Crippen LogP contribution in [-0.2, 0) is 28.5 Å². The quantitative estimate of drug-likeness (QED) is 0.0510. The van der Waals surface area contributed by atoms with Crippen LogP contribution in [0, 0.1) is 0 Å². The number of fused-ring (bicyclic) bond motifs is 1. The maximum Gasteiger partial charge on any atom is 0.330 e. The summed E-state index contributed by atoms with van der Waals surface area (Å²) in [6, 6.07) is 13.4. The smallest absolute Gasteiger partial charge is 0.330 e. The predicted molar refractivity (Wildman–Crippen MR) is 212 cm³/mol. The third-order valence-electron chi connectivity index (χ3n) is 11.1. The molecule has 346 valence electrons. The Morgan fingerprint density at radius 3 is 1.92 bits per heavy atom. The van der Waals surface area contributed by atoms with Gasteiger partial charge in [-0.25, -0.2) is 4.79 Å². The molecule has 1 aromatic heterocycles. The molecule has 22 nitrogen and oxygen atoms in total. The fourth-order valence-electron chi connectivity index (χ4n) is 7.48. The predicted octanol–water partition coefficient (Wildman–Crippen LogP) is -2.64. The number of carbonyl (C=O) groups is 1. The lowest BCUT2D eigenvalue weighted by Gasteiger charge is -2.46. The minimum absolute atomic E-state index is 0.00472. The van der Waals surface area contributed by atoms with Crippen LogP contribution in [0.5, 0.6) is 23.0 Å². The van der Waals surface area contributed by atoms with Crippen molar-refractivity contribution in [3.63, 3.8) is 0 Å². The number of hydrogen-bond donors (Lipinski definition) is 13. The summed E-state index contributed by atoms with van der Waals surface area (Å²) in [6.07, 6.45) is -24.0. The highest BCUT2D eigenvalue weighted by Crippen LogP contribution is 2.46. The number of aliphatic hydroxyl groups excluding tert-OH is 10. The van der Waals surface area contributed by atoms with E-state index in [9.17, 15) is 76.0 Å². The van der Waals surface area contributed by atoms with E-state index >= 15 is 0 Å². The Labute approximate surface area is 360 Å². The zero-order valence-corrected chi connectivity index (χ0v) is 33.2. The van der Waals surface area contributed by atoms with E-state index in [-0.39, 0.29) is 28.4 Å². The minimum Gasteiger partial charge on any atom is -0.508 e. The van der Waals surface area contributed by atoms with Gasteiger partial charge in [0, 0.05) is 23.8 Å². The molecular weight excluding hydrogens is 856 g/mol. The lowest BCUT2D eigenvalue weighted by atomic mass is 9.89. The second-order valence-corrected chi connectivity index (χ2v) is 15.3. The standard InChI is InChI=1S/C42H46O22/c43-13-24-31(50)36(55)40(64-42-38(57)35(54)32(51)26(63-42)15-58-27(48)10-3-16-1-6-18(45)7-2-16)39(61-24)29-21(47)12-23-28(33(29)52)20(46)11-22(60-23)17-4-8-19(9-5-17)59-41-37(56)34(53)30(49)25(14-44)62-41/h1-12,24-26,30-32,34-45,47,49-57H,13-15H2/b10-3+/t24-,25-,26-,30-,31-,32-,34+,35+,36+,37-,38-,39+,40-,41-,42+/m1/s1. The largest absolute Gasteiger partial charge is 0.508 e. The van der Waals surface area contributed by atoms with E-state index in [1.165, 1.54) is 54.6 Å². The van der Waals surface area contributed by atoms with Crippen molar-refractivity contribution in [2.45, 2.75) is 91.9 Å². The number of phenols is 3. The molecule has 3 aromatic carbocycles. The Hall–Kier alpha value is -5.28. The zero-order valence-electron chi connectivity index (χ0n) is 33.2. The molecule has 3 fully saturated rings. The number of carbonyl (C=O) groups excluding carboxylic acids is 1. The number of hydrogen-bond acceptors (Lipinski definition) is 22. The Kier molecular flexibility index (Phi) is 14.2. The van der Waals surface area contributed by atoms with Gasteiger partial charge in [0.05, 0.1) is 18.8 Å². The lowest BCUT2D eigenvalue weighted by molar-refractivity contribution is -0.342. The van der Waals surface area contributed by atoms with Crippen molar-refractivity contribution in [3.05, 3.63) is 88.1 Å². The first-order chi connectivity index (χ1) is 30.5. The van der Waals surface area contributed by atoms with Crippen LogP contribution in [0.3, 0.4) is 0 Å². The van der Waals surface area contributed by atoms with Gasteiger partial charge in [-0.1, -0.05) is 12.1 Å². The highest BCUT2D eigenvalue weighted by Gasteiger charge is 2.52. The summed E-state index contributed by atoms with van der Waals surface area (Å²) in [4.78, 5) is 26.1. The maximum atomic E-state index is 13.6. The molecule has 0 unspecified atom stereocenters. The van der Waals surface area contributed by atoms with E-state index < -0.39 is 146 Å². The molecule has 4 heterocycles. The summed E-state index contributed by atoms with van der Waals surface area (Å²) in [7, 11) is 0. The van der Waals surface area contributed by atoms with Crippen molar-refractivity contribution >= 4 is 23.0 Å². The summed E-state index contributed by atoms with van der Waals surface area (Å²) in [5, 5.41) is 136. The maximum absolute atomic E-state index is 13.6. The molecule has 7 rings (SSSR count). The van der Waals surface area contributed by atoms with Gasteiger partial charge in [-0.15, -0.1) is 0 Å². The molecule has 0 bridgehead atoms. The highest BCUT2D eigenvalue weighted by atomic mass is 16.7. The van der Waals surface area contributed by atoms with Crippen molar-refractivity contribution in [1.82, 2.24) is 0 Å². The molecule has 13 N–H and O–H groups in total. The van der Waals surface area contributed by atoms with Gasteiger partial charge in [-0.3, -0.25) is 4.79 Å². The van der Waals surface area contributed by atoms with Gasteiger partial charge in [0.1, 0.15) is 126 Å². The average molecular weight is 903 g/mol. The van der Waals surface area contributed by atoms with E-state index in [0.29, 0.717) is 5.56 Å². The van der Waals surface area contributed by atoms with E-state index in [1.54, 1.807) is 0 Å². The molecule has 4 aromatic rings. The summed E-state index contributed by atoms with van der Waals surface area (Å²) < 4.78 is 39.3. The van der Waals surface area contributed by atoms with Crippen molar-refractivity contribution in [1.29, 1.82) is 0 Å². The molecule has 0 saturated carbocycles. The number of benzene rings is 3. The van der Waals surface area contributed by atoms with E-state index in [0.717, 1.165) is 18.2 Å². The Morgan fingerprint density at radius 2 is 1.27 bits per heavy atom. The number of phenolic OH excluding ortho intramolecular Hbond substituents is 3. The molecule has 15 atom stereocenters. The summed E-state index contributed by atoms with van der Waals surface area (Å²) >= 11 is 0. The zero-order chi connectivity index (χ0) is 46.1. The van der Waals surface area contributed by atoms with Crippen LogP contribution < -0.4 is 10.2 Å². The number of aromatic hydroxyl groups is 3. The molecule has 3 aliphatic heterocycles. The van der Waals surface area contributed by atoms with E-state index in [1.807, 2.05) is 0 Å². The lowest BCUT2D eigenvalue weighted by Crippen LogP contribution is -2.63.